The highest BCUT2D eigenvalue weighted by molar-refractivity contribution is 6.39. The van der Waals surface area contributed by atoms with Crippen LogP contribution < -0.4 is 15.0 Å². The van der Waals surface area contributed by atoms with E-state index in [1.165, 1.54) is 24.3 Å². The molecule has 1 aliphatic rings. The van der Waals surface area contributed by atoms with E-state index in [1.54, 1.807) is 19.2 Å². The van der Waals surface area contributed by atoms with Gasteiger partial charge in [0.1, 0.15) is 17.1 Å². The van der Waals surface area contributed by atoms with Gasteiger partial charge in [0, 0.05) is 5.39 Å². The van der Waals surface area contributed by atoms with E-state index in [9.17, 15) is 18.8 Å². The van der Waals surface area contributed by atoms with Crippen LogP contribution in [0.25, 0.3) is 16.8 Å². The number of imide groups is 2. The normalized spacial score (nSPS) is 15.7. The number of ether oxygens (including phenoxy) is 1. The molecular formula is C22H15FN2O4. The third-order valence-electron chi connectivity index (χ3n) is 4.61. The quantitative estimate of drug-likeness (QED) is 0.547. The van der Waals surface area contributed by atoms with Crippen molar-refractivity contribution in [3.8, 4) is 5.75 Å². The van der Waals surface area contributed by atoms with Gasteiger partial charge < -0.3 is 4.74 Å². The van der Waals surface area contributed by atoms with Crippen LogP contribution in [-0.2, 0) is 9.59 Å². The van der Waals surface area contributed by atoms with E-state index in [1.807, 2.05) is 24.3 Å². The predicted octanol–water partition coefficient (Wildman–Crippen LogP) is 3.65. The number of benzene rings is 3. The highest BCUT2D eigenvalue weighted by Crippen LogP contribution is 2.30. The molecule has 0 spiro atoms. The van der Waals surface area contributed by atoms with E-state index in [2.05, 4.69) is 5.32 Å². The maximum absolute atomic E-state index is 13.6. The lowest BCUT2D eigenvalue weighted by atomic mass is 10.00. The molecule has 1 N–H and O–H groups in total. The topological polar surface area (TPSA) is 75.7 Å². The van der Waals surface area contributed by atoms with Gasteiger partial charge in [-0.15, -0.1) is 0 Å². The van der Waals surface area contributed by atoms with Crippen molar-refractivity contribution in [1.29, 1.82) is 0 Å². The molecule has 3 aromatic rings. The molecule has 0 bridgehead atoms. The Morgan fingerprint density at radius 1 is 0.966 bits per heavy atom. The largest absolute Gasteiger partial charge is 0.496 e. The Balaban J connectivity index is 1.83. The summed E-state index contributed by atoms with van der Waals surface area (Å²) in [6.07, 6.45) is 1.41. The maximum Gasteiger partial charge on any atom is 0.335 e. The Kier molecular flexibility index (Phi) is 4.56. The zero-order chi connectivity index (χ0) is 20.5. The second kappa shape index (κ2) is 7.20. The van der Waals surface area contributed by atoms with E-state index >= 15 is 0 Å². The van der Waals surface area contributed by atoms with Gasteiger partial charge in [-0.1, -0.05) is 36.4 Å². The van der Waals surface area contributed by atoms with E-state index in [-0.39, 0.29) is 11.3 Å². The van der Waals surface area contributed by atoms with Crippen molar-refractivity contribution < 1.29 is 23.5 Å². The zero-order valence-electron chi connectivity index (χ0n) is 15.3. The first kappa shape index (κ1) is 18.4. The van der Waals surface area contributed by atoms with Gasteiger partial charge in [0.2, 0.25) is 0 Å². The smallest absolute Gasteiger partial charge is 0.335 e. The average molecular weight is 390 g/mol. The van der Waals surface area contributed by atoms with Crippen LogP contribution >= 0.6 is 0 Å². The number of carbonyl (C=O) groups is 3. The molecule has 0 atom stereocenters. The van der Waals surface area contributed by atoms with Crippen LogP contribution in [0.4, 0.5) is 14.9 Å². The molecule has 3 aromatic carbocycles. The van der Waals surface area contributed by atoms with Crippen molar-refractivity contribution >= 4 is 40.4 Å². The van der Waals surface area contributed by atoms with Crippen LogP contribution in [0.1, 0.15) is 5.56 Å². The first-order valence-corrected chi connectivity index (χ1v) is 8.72. The average Bonchev–Trinajstić information content (AvgIpc) is 2.71. The summed E-state index contributed by atoms with van der Waals surface area (Å²) in [4.78, 5) is 38.3. The Labute approximate surface area is 165 Å². The molecule has 4 amide bonds. The summed E-state index contributed by atoms with van der Waals surface area (Å²) >= 11 is 0. The number of nitrogens with one attached hydrogen (secondary N) is 1. The molecule has 1 aliphatic heterocycles. The number of hydrogen-bond donors (Lipinski definition) is 1. The number of anilines is 1. The van der Waals surface area contributed by atoms with Crippen molar-refractivity contribution in [2.24, 2.45) is 0 Å². The summed E-state index contributed by atoms with van der Waals surface area (Å²) in [7, 11) is 1.56. The van der Waals surface area contributed by atoms with Crippen LogP contribution in [0.5, 0.6) is 5.75 Å². The minimum absolute atomic E-state index is 0.0329. The highest BCUT2D eigenvalue weighted by atomic mass is 19.1. The zero-order valence-corrected chi connectivity index (χ0v) is 15.3. The number of rotatable bonds is 3. The lowest BCUT2D eigenvalue weighted by Gasteiger charge is -2.26. The molecule has 29 heavy (non-hydrogen) atoms. The Morgan fingerprint density at radius 2 is 1.72 bits per heavy atom. The number of amides is 4. The first-order valence-electron chi connectivity index (χ1n) is 8.72. The molecular weight excluding hydrogens is 375 g/mol. The van der Waals surface area contributed by atoms with Gasteiger partial charge in [0.05, 0.1) is 12.8 Å². The number of nitrogens with zero attached hydrogens (tertiary/aromatic N) is 1. The minimum atomic E-state index is -0.928. The van der Waals surface area contributed by atoms with Gasteiger partial charge in [-0.05, 0) is 41.3 Å². The van der Waals surface area contributed by atoms with Gasteiger partial charge in [-0.25, -0.2) is 14.1 Å². The lowest BCUT2D eigenvalue weighted by Crippen LogP contribution is -2.54. The van der Waals surface area contributed by atoms with Crippen molar-refractivity contribution in [2.75, 3.05) is 12.0 Å². The summed E-state index contributed by atoms with van der Waals surface area (Å²) in [5, 5.41) is 3.71. The number of urea groups is 1. The molecule has 0 aromatic heterocycles. The van der Waals surface area contributed by atoms with E-state index in [0.29, 0.717) is 11.3 Å². The number of halogens is 1. The van der Waals surface area contributed by atoms with E-state index in [0.717, 1.165) is 21.7 Å². The minimum Gasteiger partial charge on any atom is -0.496 e. The van der Waals surface area contributed by atoms with E-state index < -0.39 is 23.7 Å². The third kappa shape index (κ3) is 3.23. The molecule has 144 valence electrons. The van der Waals surface area contributed by atoms with Crippen molar-refractivity contribution in [2.45, 2.75) is 0 Å². The van der Waals surface area contributed by atoms with Gasteiger partial charge in [-0.2, -0.15) is 0 Å². The molecule has 1 saturated heterocycles. The fourth-order valence-corrected chi connectivity index (χ4v) is 3.26. The molecule has 4 rings (SSSR count). The van der Waals surface area contributed by atoms with Gasteiger partial charge in [0.15, 0.2) is 0 Å². The summed E-state index contributed by atoms with van der Waals surface area (Å²) in [6, 6.07) is 14.9. The second-order valence-corrected chi connectivity index (χ2v) is 6.34. The molecule has 1 heterocycles. The number of barbiturate groups is 1. The molecule has 1 fully saturated rings. The molecule has 7 heteroatoms. The maximum atomic E-state index is 13.6. The SMILES string of the molecule is COc1ccc(/C=C2\C(=O)NC(=O)N(c3cccc(F)c3)C2=O)c2ccccc12. The van der Waals surface area contributed by atoms with Crippen LogP contribution in [0.2, 0.25) is 0 Å². The number of methoxy groups -OCH3 is 1. The predicted molar refractivity (Wildman–Crippen MR) is 106 cm³/mol. The van der Waals surface area contributed by atoms with Crippen molar-refractivity contribution in [3.05, 3.63) is 77.6 Å². The standard InChI is InChI=1S/C22H15FN2O4/c1-29-19-10-9-13(16-7-2-3-8-17(16)19)11-18-20(26)24-22(28)25(21(18)27)15-6-4-5-14(23)12-15/h2-12H,1H3,(H,24,26,28)/b18-11+. The monoisotopic (exact) mass is 390 g/mol. The summed E-state index contributed by atoms with van der Waals surface area (Å²) in [5.41, 5.74) is 0.406. The van der Waals surface area contributed by atoms with Crippen LogP contribution in [0.15, 0.2) is 66.2 Å². The van der Waals surface area contributed by atoms with Gasteiger partial charge >= 0.3 is 6.03 Å². The highest BCUT2D eigenvalue weighted by Gasteiger charge is 2.37. The molecule has 6 nitrogen and oxygen atoms in total. The van der Waals surface area contributed by atoms with Crippen molar-refractivity contribution in [3.63, 3.8) is 0 Å². The lowest BCUT2D eigenvalue weighted by molar-refractivity contribution is -0.122. The fraction of sp³-hybridized carbons (Fsp3) is 0.0455. The molecule has 0 aliphatic carbocycles. The van der Waals surface area contributed by atoms with Crippen molar-refractivity contribution in [1.82, 2.24) is 5.32 Å². The Bertz CT molecular complexity index is 1200. The fourth-order valence-electron chi connectivity index (χ4n) is 3.26. The number of hydrogen-bond acceptors (Lipinski definition) is 4. The van der Waals surface area contributed by atoms with Crippen LogP contribution in [0, 0.1) is 5.82 Å². The number of fused-ring (bicyclic) bond motifs is 1. The van der Waals surface area contributed by atoms with Gasteiger partial charge in [-0.3, -0.25) is 14.9 Å². The van der Waals surface area contributed by atoms with Gasteiger partial charge in [0.25, 0.3) is 11.8 Å². The first-order chi connectivity index (χ1) is 14.0. The molecule has 0 saturated carbocycles. The number of carbonyl (C=O) groups excluding carboxylic acids is 3. The van der Waals surface area contributed by atoms with Crippen LogP contribution in [0.3, 0.4) is 0 Å². The summed E-state index contributed by atoms with van der Waals surface area (Å²) in [6.45, 7) is 0. The third-order valence-corrected chi connectivity index (χ3v) is 4.61. The summed E-state index contributed by atoms with van der Waals surface area (Å²) in [5.74, 6) is -1.60. The summed E-state index contributed by atoms with van der Waals surface area (Å²) < 4.78 is 18.9. The molecule has 0 unspecified atom stereocenters. The van der Waals surface area contributed by atoms with E-state index in [4.69, 9.17) is 4.74 Å². The second-order valence-electron chi connectivity index (χ2n) is 6.34. The Morgan fingerprint density at radius 3 is 2.45 bits per heavy atom. The Hall–Kier alpha value is -4.00. The molecule has 0 radical (unpaired) electrons. The van der Waals surface area contributed by atoms with Crippen LogP contribution in [-0.4, -0.2) is 25.0 Å².